The van der Waals surface area contributed by atoms with E-state index in [1.165, 1.54) is 5.56 Å². The van der Waals surface area contributed by atoms with Crippen LogP contribution in [0.2, 0.25) is 0 Å². The van der Waals surface area contributed by atoms with Gasteiger partial charge in [0.2, 0.25) is 17.7 Å². The summed E-state index contributed by atoms with van der Waals surface area (Å²) in [6.45, 7) is 0. The number of aromatic hydroxyl groups is 1. The second kappa shape index (κ2) is 7.60. The SMILES string of the molecule is O=c1[nH]c(O)c(CCc2nnc(Cc3nc4ccc(-c5ccccc5)cc4s3)o2)o1. The molecule has 0 fully saturated rings. The van der Waals surface area contributed by atoms with Crippen LogP contribution >= 0.6 is 11.3 Å². The third kappa shape index (κ3) is 3.74. The molecule has 8 nitrogen and oxygen atoms in total. The third-order valence-electron chi connectivity index (χ3n) is 4.62. The molecule has 0 aliphatic heterocycles. The van der Waals surface area contributed by atoms with Crippen molar-refractivity contribution in [2.75, 3.05) is 0 Å². The standard InChI is InChI=1S/C21H16N4O4S/c26-20-15(28-21(27)23-20)8-9-17-24-25-18(29-17)11-19-22-14-7-6-13(10-16(14)30-19)12-4-2-1-3-5-12/h1-7,10,26H,8-9,11H2,(H,23,27). The van der Waals surface area contributed by atoms with Crippen LogP contribution in [-0.2, 0) is 19.3 Å². The summed E-state index contributed by atoms with van der Waals surface area (Å²) < 4.78 is 11.6. The lowest BCUT2D eigenvalue weighted by atomic mass is 10.1. The van der Waals surface area contributed by atoms with Crippen molar-refractivity contribution in [1.29, 1.82) is 0 Å². The molecular formula is C21H16N4O4S. The van der Waals surface area contributed by atoms with E-state index in [0.29, 0.717) is 24.6 Å². The number of thiazole rings is 1. The first-order valence-electron chi connectivity index (χ1n) is 9.31. The zero-order valence-electron chi connectivity index (χ0n) is 15.7. The van der Waals surface area contributed by atoms with Crippen molar-refractivity contribution in [3.05, 3.63) is 81.6 Å². The molecule has 150 valence electrons. The topological polar surface area (TPSA) is 118 Å². The van der Waals surface area contributed by atoms with Crippen LogP contribution in [0.4, 0.5) is 0 Å². The van der Waals surface area contributed by atoms with Crippen molar-refractivity contribution in [1.82, 2.24) is 20.2 Å². The van der Waals surface area contributed by atoms with Crippen molar-refractivity contribution in [3.8, 4) is 17.0 Å². The fourth-order valence-electron chi connectivity index (χ4n) is 3.19. The van der Waals surface area contributed by atoms with E-state index >= 15 is 0 Å². The highest BCUT2D eigenvalue weighted by Crippen LogP contribution is 2.29. The molecule has 5 rings (SSSR count). The van der Waals surface area contributed by atoms with Gasteiger partial charge in [-0.15, -0.1) is 21.5 Å². The molecule has 0 radical (unpaired) electrons. The van der Waals surface area contributed by atoms with Gasteiger partial charge in [0.15, 0.2) is 5.76 Å². The molecule has 2 N–H and O–H groups in total. The molecule has 30 heavy (non-hydrogen) atoms. The van der Waals surface area contributed by atoms with E-state index < -0.39 is 5.76 Å². The molecule has 3 aromatic heterocycles. The van der Waals surface area contributed by atoms with Crippen LogP contribution < -0.4 is 5.76 Å². The maximum absolute atomic E-state index is 11.1. The van der Waals surface area contributed by atoms with Crippen LogP contribution in [0.5, 0.6) is 5.88 Å². The molecule has 0 aliphatic rings. The molecule has 0 unspecified atom stereocenters. The van der Waals surface area contributed by atoms with Gasteiger partial charge in [0, 0.05) is 12.8 Å². The van der Waals surface area contributed by atoms with Gasteiger partial charge in [-0.1, -0.05) is 36.4 Å². The smallest absolute Gasteiger partial charge is 0.419 e. The molecule has 3 heterocycles. The number of hydrogen-bond donors (Lipinski definition) is 2. The number of hydrogen-bond acceptors (Lipinski definition) is 8. The number of oxazole rings is 1. The van der Waals surface area contributed by atoms with Gasteiger partial charge in [-0.25, -0.2) is 9.78 Å². The van der Waals surface area contributed by atoms with Crippen molar-refractivity contribution in [2.24, 2.45) is 0 Å². The first-order chi connectivity index (χ1) is 14.6. The molecule has 0 saturated carbocycles. The van der Waals surface area contributed by atoms with Gasteiger partial charge < -0.3 is 13.9 Å². The summed E-state index contributed by atoms with van der Waals surface area (Å²) in [6, 6.07) is 16.5. The van der Waals surface area contributed by atoms with E-state index in [2.05, 4.69) is 44.4 Å². The van der Waals surface area contributed by atoms with E-state index in [9.17, 15) is 9.90 Å². The van der Waals surface area contributed by atoms with Crippen molar-refractivity contribution in [3.63, 3.8) is 0 Å². The van der Waals surface area contributed by atoms with E-state index in [1.807, 2.05) is 24.3 Å². The summed E-state index contributed by atoms with van der Waals surface area (Å²) in [7, 11) is 0. The molecule has 0 atom stereocenters. The molecule has 0 aliphatic carbocycles. The zero-order chi connectivity index (χ0) is 20.5. The number of aromatic nitrogens is 4. The second-order valence-corrected chi connectivity index (χ2v) is 7.82. The Morgan fingerprint density at radius 1 is 0.967 bits per heavy atom. The highest BCUT2D eigenvalue weighted by atomic mass is 32.1. The van der Waals surface area contributed by atoms with Gasteiger partial charge in [-0.2, -0.15) is 0 Å². The van der Waals surface area contributed by atoms with Gasteiger partial charge in [-0.3, -0.25) is 4.98 Å². The summed E-state index contributed by atoms with van der Waals surface area (Å²) in [5.74, 6) is 0.0667. The minimum Gasteiger partial charge on any atom is -0.492 e. The summed E-state index contributed by atoms with van der Waals surface area (Å²) >= 11 is 1.60. The number of benzene rings is 2. The minimum absolute atomic E-state index is 0.167. The Morgan fingerprint density at radius 2 is 1.80 bits per heavy atom. The minimum atomic E-state index is -0.694. The van der Waals surface area contributed by atoms with Gasteiger partial charge in [-0.05, 0) is 23.3 Å². The number of nitrogens with zero attached hydrogens (tertiary/aromatic N) is 3. The lowest BCUT2D eigenvalue weighted by Gasteiger charge is -2.00. The monoisotopic (exact) mass is 420 g/mol. The Labute approximate surface area is 173 Å². The number of aromatic amines is 1. The summed E-state index contributed by atoms with van der Waals surface area (Å²) in [4.78, 5) is 17.9. The third-order valence-corrected chi connectivity index (χ3v) is 5.64. The predicted octanol–water partition coefficient (Wildman–Crippen LogP) is 3.71. The van der Waals surface area contributed by atoms with Crippen molar-refractivity contribution in [2.45, 2.75) is 19.3 Å². The van der Waals surface area contributed by atoms with E-state index in [1.54, 1.807) is 11.3 Å². The summed E-state index contributed by atoms with van der Waals surface area (Å²) in [5, 5.41) is 18.5. The Morgan fingerprint density at radius 3 is 2.60 bits per heavy atom. The van der Waals surface area contributed by atoms with Gasteiger partial charge in [0.25, 0.3) is 0 Å². The Hall–Kier alpha value is -3.72. The average Bonchev–Trinajstić information content (AvgIpc) is 3.45. The fourth-order valence-corrected chi connectivity index (χ4v) is 4.19. The summed E-state index contributed by atoms with van der Waals surface area (Å²) in [6.07, 6.45) is 1.06. The molecular weight excluding hydrogens is 404 g/mol. The van der Waals surface area contributed by atoms with Crippen LogP contribution in [0, 0.1) is 0 Å². The molecule has 0 bridgehead atoms. The Kier molecular flexibility index (Phi) is 4.64. The average molecular weight is 420 g/mol. The number of rotatable bonds is 6. The normalized spacial score (nSPS) is 11.3. The van der Waals surface area contributed by atoms with Gasteiger partial charge in [0.1, 0.15) is 5.01 Å². The molecule has 0 spiro atoms. The van der Waals surface area contributed by atoms with Crippen LogP contribution in [0.3, 0.4) is 0 Å². The first kappa shape index (κ1) is 18.3. The maximum atomic E-state index is 11.1. The van der Waals surface area contributed by atoms with Gasteiger partial charge >= 0.3 is 5.76 Å². The van der Waals surface area contributed by atoms with Gasteiger partial charge in [0.05, 0.1) is 16.6 Å². The molecule has 9 heteroatoms. The largest absolute Gasteiger partial charge is 0.492 e. The lowest BCUT2D eigenvalue weighted by molar-refractivity contribution is 0.407. The van der Waals surface area contributed by atoms with Crippen LogP contribution in [0.1, 0.15) is 22.5 Å². The Balaban J connectivity index is 1.30. The fraction of sp³-hybridized carbons (Fsp3) is 0.143. The molecule has 5 aromatic rings. The second-order valence-electron chi connectivity index (χ2n) is 6.71. The van der Waals surface area contributed by atoms with E-state index in [0.717, 1.165) is 20.8 Å². The van der Waals surface area contributed by atoms with Crippen LogP contribution in [0.15, 0.2) is 62.2 Å². The molecule has 2 aromatic carbocycles. The number of nitrogens with one attached hydrogen (secondary N) is 1. The molecule has 0 amide bonds. The quantitative estimate of drug-likeness (QED) is 0.430. The maximum Gasteiger partial charge on any atom is 0.419 e. The highest BCUT2D eigenvalue weighted by molar-refractivity contribution is 7.18. The highest BCUT2D eigenvalue weighted by Gasteiger charge is 2.14. The number of H-pyrrole nitrogens is 1. The zero-order valence-corrected chi connectivity index (χ0v) is 16.5. The first-order valence-corrected chi connectivity index (χ1v) is 10.1. The summed E-state index contributed by atoms with van der Waals surface area (Å²) in [5.41, 5.74) is 3.26. The molecule has 0 saturated heterocycles. The number of fused-ring (bicyclic) bond motifs is 1. The van der Waals surface area contributed by atoms with Crippen molar-refractivity contribution >= 4 is 21.6 Å². The van der Waals surface area contributed by atoms with Crippen LogP contribution in [-0.4, -0.2) is 25.3 Å². The van der Waals surface area contributed by atoms with Crippen LogP contribution in [0.25, 0.3) is 21.3 Å². The van der Waals surface area contributed by atoms with E-state index in [-0.39, 0.29) is 18.1 Å². The number of aryl methyl sites for hydroxylation is 2. The lowest BCUT2D eigenvalue weighted by Crippen LogP contribution is -1.94. The predicted molar refractivity (Wildman–Crippen MR) is 111 cm³/mol. The Bertz CT molecular complexity index is 1370. The van der Waals surface area contributed by atoms with E-state index in [4.69, 9.17) is 8.83 Å². The van der Waals surface area contributed by atoms with Crippen molar-refractivity contribution < 1.29 is 13.9 Å².